The van der Waals surface area contributed by atoms with Gasteiger partial charge < -0.3 is 16.2 Å². The molecule has 1 amide bonds. The second-order valence-corrected chi connectivity index (χ2v) is 3.69. The summed E-state index contributed by atoms with van der Waals surface area (Å²) in [7, 11) is 0. The summed E-state index contributed by atoms with van der Waals surface area (Å²) in [5.74, 6) is -1.01. The monoisotopic (exact) mass is 202 g/mol. The van der Waals surface area contributed by atoms with Crippen molar-refractivity contribution < 1.29 is 14.7 Å². The highest BCUT2D eigenvalue weighted by Crippen LogP contribution is 2.04. The van der Waals surface area contributed by atoms with Crippen LogP contribution in [0.5, 0.6) is 0 Å². The maximum atomic E-state index is 10.7. The van der Waals surface area contributed by atoms with E-state index in [9.17, 15) is 9.59 Å². The van der Waals surface area contributed by atoms with Gasteiger partial charge in [-0.25, -0.2) is 0 Å². The molecule has 5 nitrogen and oxygen atoms in total. The van der Waals surface area contributed by atoms with Crippen LogP contribution in [0.3, 0.4) is 0 Å². The van der Waals surface area contributed by atoms with Crippen LogP contribution in [0.15, 0.2) is 0 Å². The number of aliphatic carboxylic acids is 1. The molecule has 0 aromatic carbocycles. The van der Waals surface area contributed by atoms with Gasteiger partial charge in [-0.2, -0.15) is 0 Å². The largest absolute Gasteiger partial charge is 0.480 e. The van der Waals surface area contributed by atoms with E-state index < -0.39 is 17.9 Å². The first-order chi connectivity index (χ1) is 6.43. The molecule has 1 unspecified atom stereocenters. The Morgan fingerprint density at radius 3 is 2.36 bits per heavy atom. The molecule has 0 fully saturated rings. The van der Waals surface area contributed by atoms with Gasteiger partial charge in [0.1, 0.15) is 6.04 Å². The second-order valence-electron chi connectivity index (χ2n) is 3.69. The molecule has 0 saturated heterocycles. The summed E-state index contributed by atoms with van der Waals surface area (Å²) in [6.45, 7) is 4.22. The molecule has 0 heterocycles. The predicted molar refractivity (Wildman–Crippen MR) is 52.7 cm³/mol. The molecule has 0 aromatic rings. The van der Waals surface area contributed by atoms with Gasteiger partial charge in [0, 0.05) is 13.0 Å². The Morgan fingerprint density at radius 2 is 2.00 bits per heavy atom. The summed E-state index contributed by atoms with van der Waals surface area (Å²) < 4.78 is 0. The minimum absolute atomic E-state index is 0.169. The van der Waals surface area contributed by atoms with E-state index in [0.29, 0.717) is 18.9 Å². The van der Waals surface area contributed by atoms with Crippen molar-refractivity contribution in [3.05, 3.63) is 0 Å². The first-order valence-corrected chi connectivity index (χ1v) is 4.68. The maximum Gasteiger partial charge on any atom is 0.320 e. The van der Waals surface area contributed by atoms with Crippen LogP contribution in [0.2, 0.25) is 0 Å². The zero-order chi connectivity index (χ0) is 11.1. The summed E-state index contributed by atoms with van der Waals surface area (Å²) in [5.41, 5.74) is 4.93. The average molecular weight is 202 g/mol. The van der Waals surface area contributed by atoms with Gasteiger partial charge >= 0.3 is 5.97 Å². The van der Waals surface area contributed by atoms with Crippen LogP contribution in [-0.2, 0) is 9.59 Å². The van der Waals surface area contributed by atoms with E-state index in [2.05, 4.69) is 5.32 Å². The number of amides is 1. The molecule has 0 bridgehead atoms. The topological polar surface area (TPSA) is 92.4 Å². The summed E-state index contributed by atoms with van der Waals surface area (Å²) in [5, 5.41) is 11.6. The fourth-order valence-electron chi connectivity index (χ4n) is 1.11. The van der Waals surface area contributed by atoms with Crippen molar-refractivity contribution in [1.82, 2.24) is 5.32 Å². The number of hydrogen-bond donors (Lipinski definition) is 3. The number of rotatable bonds is 7. The molecule has 0 radical (unpaired) electrons. The lowest BCUT2D eigenvalue weighted by molar-refractivity contribution is -0.140. The van der Waals surface area contributed by atoms with Crippen LogP contribution >= 0.6 is 0 Å². The molecule has 4 N–H and O–H groups in total. The molecular weight excluding hydrogens is 184 g/mol. The Labute approximate surface area is 83.7 Å². The maximum absolute atomic E-state index is 10.7. The van der Waals surface area contributed by atoms with Crippen LogP contribution in [0.25, 0.3) is 0 Å². The first-order valence-electron chi connectivity index (χ1n) is 4.68. The zero-order valence-electron chi connectivity index (χ0n) is 8.62. The number of carbonyl (C=O) groups excluding carboxylic acids is 1. The minimum Gasteiger partial charge on any atom is -0.480 e. The Balaban J connectivity index is 3.85. The molecule has 0 spiro atoms. The molecular formula is C9H18N2O3. The molecule has 5 heteroatoms. The predicted octanol–water partition coefficient (Wildman–Crippen LogP) is -0.0493. The van der Waals surface area contributed by atoms with E-state index in [1.165, 1.54) is 0 Å². The third-order valence-electron chi connectivity index (χ3n) is 1.77. The normalized spacial score (nSPS) is 12.8. The van der Waals surface area contributed by atoms with Crippen molar-refractivity contribution in [3.63, 3.8) is 0 Å². The second kappa shape index (κ2) is 6.37. The highest BCUT2D eigenvalue weighted by molar-refractivity contribution is 5.75. The number of carboxylic acids is 1. The van der Waals surface area contributed by atoms with Crippen LogP contribution < -0.4 is 11.1 Å². The average Bonchev–Trinajstić information content (AvgIpc) is 2.00. The van der Waals surface area contributed by atoms with E-state index in [1.807, 2.05) is 13.8 Å². The number of carbonyl (C=O) groups is 2. The molecule has 0 aliphatic heterocycles. The van der Waals surface area contributed by atoms with E-state index in [-0.39, 0.29) is 6.42 Å². The van der Waals surface area contributed by atoms with Gasteiger partial charge in [0.25, 0.3) is 0 Å². The molecule has 0 rings (SSSR count). The fourth-order valence-corrected chi connectivity index (χ4v) is 1.11. The summed E-state index contributed by atoms with van der Waals surface area (Å²) >= 11 is 0. The lowest BCUT2D eigenvalue weighted by Crippen LogP contribution is -2.39. The fraction of sp³-hybridized carbons (Fsp3) is 0.778. The SMILES string of the molecule is CC(C)CC(NCCC(N)=O)C(=O)O. The molecule has 1 atom stereocenters. The van der Waals surface area contributed by atoms with Gasteiger partial charge in [-0.15, -0.1) is 0 Å². The van der Waals surface area contributed by atoms with Crippen LogP contribution in [0.4, 0.5) is 0 Å². The van der Waals surface area contributed by atoms with Crippen LogP contribution in [0, 0.1) is 5.92 Å². The smallest absolute Gasteiger partial charge is 0.320 e. The van der Waals surface area contributed by atoms with E-state index in [1.54, 1.807) is 0 Å². The van der Waals surface area contributed by atoms with E-state index >= 15 is 0 Å². The van der Waals surface area contributed by atoms with Crippen molar-refractivity contribution in [1.29, 1.82) is 0 Å². The Bertz CT molecular complexity index is 204. The van der Waals surface area contributed by atoms with Gasteiger partial charge in [-0.3, -0.25) is 9.59 Å². The van der Waals surface area contributed by atoms with Gasteiger partial charge in [-0.05, 0) is 12.3 Å². The van der Waals surface area contributed by atoms with Crippen molar-refractivity contribution in [2.45, 2.75) is 32.7 Å². The van der Waals surface area contributed by atoms with Gasteiger partial charge in [0.05, 0.1) is 0 Å². The third kappa shape index (κ3) is 6.42. The van der Waals surface area contributed by atoms with Crippen molar-refractivity contribution in [2.24, 2.45) is 11.7 Å². The van der Waals surface area contributed by atoms with Crippen LogP contribution in [-0.4, -0.2) is 29.6 Å². The Hall–Kier alpha value is -1.10. The quantitative estimate of drug-likeness (QED) is 0.539. The number of primary amides is 1. The molecule has 82 valence electrons. The molecule has 0 saturated carbocycles. The lowest BCUT2D eigenvalue weighted by Gasteiger charge is -2.15. The van der Waals surface area contributed by atoms with Crippen molar-refractivity contribution in [3.8, 4) is 0 Å². The number of nitrogens with two attached hydrogens (primary N) is 1. The molecule has 0 aliphatic carbocycles. The summed E-state index contributed by atoms with van der Waals surface area (Å²) in [6.07, 6.45) is 0.718. The highest BCUT2D eigenvalue weighted by Gasteiger charge is 2.17. The third-order valence-corrected chi connectivity index (χ3v) is 1.77. The minimum atomic E-state index is -0.886. The lowest BCUT2D eigenvalue weighted by atomic mass is 10.0. The van der Waals surface area contributed by atoms with Gasteiger partial charge in [-0.1, -0.05) is 13.8 Å². The first kappa shape index (κ1) is 12.9. The van der Waals surface area contributed by atoms with Crippen molar-refractivity contribution in [2.75, 3.05) is 6.54 Å². The number of hydrogen-bond acceptors (Lipinski definition) is 3. The van der Waals surface area contributed by atoms with Gasteiger partial charge in [0.15, 0.2) is 0 Å². The summed E-state index contributed by atoms with van der Waals surface area (Å²) in [4.78, 5) is 21.1. The Kier molecular flexibility index (Phi) is 5.87. The number of nitrogens with one attached hydrogen (secondary N) is 1. The zero-order valence-corrected chi connectivity index (χ0v) is 8.62. The van der Waals surface area contributed by atoms with Gasteiger partial charge in [0.2, 0.25) is 5.91 Å². The highest BCUT2D eigenvalue weighted by atomic mass is 16.4. The summed E-state index contributed by atoms with van der Waals surface area (Å²) in [6, 6.07) is -0.589. The number of carboxylic acid groups (broad SMARTS) is 1. The Morgan fingerprint density at radius 1 is 1.43 bits per heavy atom. The van der Waals surface area contributed by atoms with E-state index in [4.69, 9.17) is 10.8 Å². The van der Waals surface area contributed by atoms with E-state index in [0.717, 1.165) is 0 Å². The van der Waals surface area contributed by atoms with Crippen molar-refractivity contribution >= 4 is 11.9 Å². The molecule has 14 heavy (non-hydrogen) atoms. The van der Waals surface area contributed by atoms with Crippen LogP contribution in [0.1, 0.15) is 26.7 Å². The molecule has 0 aromatic heterocycles. The molecule has 0 aliphatic rings. The standard InChI is InChI=1S/C9H18N2O3/c1-6(2)5-7(9(13)14)11-4-3-8(10)12/h6-7,11H,3-5H2,1-2H3,(H2,10,12)(H,13,14).